The third kappa shape index (κ3) is 3.53. The van der Waals surface area contributed by atoms with E-state index < -0.39 is 11.7 Å². The molecule has 0 atom stereocenters. The topological polar surface area (TPSA) is 89.9 Å². The van der Waals surface area contributed by atoms with E-state index in [0.29, 0.717) is 12.8 Å². The third-order valence-electron chi connectivity index (χ3n) is 2.70. The lowest BCUT2D eigenvalue weighted by atomic mass is 9.91. The molecular weight excluding hydrogens is 236 g/mol. The van der Waals surface area contributed by atoms with E-state index in [1.54, 1.807) is 0 Å². The number of halogens is 1. The van der Waals surface area contributed by atoms with Gasteiger partial charge in [-0.15, -0.1) is 11.6 Å². The highest BCUT2D eigenvalue weighted by Crippen LogP contribution is 2.21. The molecule has 0 aromatic rings. The van der Waals surface area contributed by atoms with Gasteiger partial charge in [-0.2, -0.15) is 0 Å². The number of alkyl halides is 1. The number of likely N-dealkylation sites (tertiary alicyclic amines) is 1. The van der Waals surface area contributed by atoms with Crippen LogP contribution in [0.2, 0.25) is 0 Å². The third-order valence-corrected chi connectivity index (χ3v) is 2.94. The largest absolute Gasteiger partial charge is 0.465 e. The van der Waals surface area contributed by atoms with Gasteiger partial charge >= 0.3 is 6.09 Å². The van der Waals surface area contributed by atoms with Crippen LogP contribution in [0, 0.1) is 0 Å². The first kappa shape index (κ1) is 13.1. The number of rotatable bonds is 3. The SMILES string of the molecule is O=C(CCl)NCC1(O)CCN(C(=O)O)CC1. The lowest BCUT2D eigenvalue weighted by molar-refractivity contribution is -0.120. The quantitative estimate of drug-likeness (QED) is 0.608. The van der Waals surface area contributed by atoms with Crippen LogP contribution >= 0.6 is 11.6 Å². The van der Waals surface area contributed by atoms with Gasteiger partial charge in [0.25, 0.3) is 0 Å². The lowest BCUT2D eigenvalue weighted by Gasteiger charge is -2.36. The highest BCUT2D eigenvalue weighted by molar-refractivity contribution is 6.27. The maximum atomic E-state index is 10.9. The molecular formula is C9H15ClN2O4. The van der Waals surface area contributed by atoms with Crippen molar-refractivity contribution in [3.63, 3.8) is 0 Å². The molecule has 0 radical (unpaired) electrons. The number of carboxylic acid groups (broad SMARTS) is 1. The van der Waals surface area contributed by atoms with Crippen LogP contribution in [-0.2, 0) is 4.79 Å². The summed E-state index contributed by atoms with van der Waals surface area (Å²) >= 11 is 5.30. The van der Waals surface area contributed by atoms with Crippen molar-refractivity contribution in [2.45, 2.75) is 18.4 Å². The molecule has 0 aromatic heterocycles. The van der Waals surface area contributed by atoms with Crippen molar-refractivity contribution in [1.29, 1.82) is 0 Å². The van der Waals surface area contributed by atoms with Gasteiger partial charge < -0.3 is 20.4 Å². The first-order valence-corrected chi connectivity index (χ1v) is 5.53. The molecule has 6 nitrogen and oxygen atoms in total. The van der Waals surface area contributed by atoms with Crippen molar-refractivity contribution in [2.75, 3.05) is 25.5 Å². The molecule has 3 N–H and O–H groups in total. The van der Waals surface area contributed by atoms with Crippen molar-refractivity contribution >= 4 is 23.6 Å². The molecule has 0 aromatic carbocycles. The molecule has 92 valence electrons. The molecule has 1 saturated heterocycles. The molecule has 2 amide bonds. The minimum Gasteiger partial charge on any atom is -0.465 e. The summed E-state index contributed by atoms with van der Waals surface area (Å²) in [6.45, 7) is 0.678. The molecule has 0 spiro atoms. The van der Waals surface area contributed by atoms with E-state index in [9.17, 15) is 14.7 Å². The smallest absolute Gasteiger partial charge is 0.407 e. The van der Waals surface area contributed by atoms with Gasteiger partial charge in [-0.25, -0.2) is 4.79 Å². The normalized spacial score (nSPS) is 19.2. The van der Waals surface area contributed by atoms with Gasteiger partial charge in [0.1, 0.15) is 5.88 Å². The number of nitrogens with zero attached hydrogens (tertiary/aromatic N) is 1. The van der Waals surface area contributed by atoms with Gasteiger partial charge in [-0.1, -0.05) is 0 Å². The zero-order valence-electron chi connectivity index (χ0n) is 8.78. The van der Waals surface area contributed by atoms with Gasteiger partial charge in [0, 0.05) is 19.6 Å². The minimum atomic E-state index is -1.02. The fourth-order valence-electron chi connectivity index (χ4n) is 1.60. The van der Waals surface area contributed by atoms with Gasteiger partial charge in [-0.05, 0) is 12.8 Å². The van der Waals surface area contributed by atoms with E-state index in [1.165, 1.54) is 4.90 Å². The fourth-order valence-corrected chi connectivity index (χ4v) is 1.70. The van der Waals surface area contributed by atoms with Crippen molar-refractivity contribution in [2.24, 2.45) is 0 Å². The molecule has 0 aliphatic carbocycles. The molecule has 1 aliphatic heterocycles. The molecule has 1 rings (SSSR count). The van der Waals surface area contributed by atoms with E-state index in [4.69, 9.17) is 16.7 Å². The summed E-state index contributed by atoms with van der Waals surface area (Å²) in [5.41, 5.74) is -1.02. The summed E-state index contributed by atoms with van der Waals surface area (Å²) in [5.74, 6) is -0.479. The molecule has 0 saturated carbocycles. The Morgan fingerprint density at radius 3 is 2.38 bits per heavy atom. The molecule has 16 heavy (non-hydrogen) atoms. The first-order chi connectivity index (χ1) is 7.47. The predicted molar refractivity (Wildman–Crippen MR) is 57.5 cm³/mol. The van der Waals surface area contributed by atoms with E-state index in [0.717, 1.165) is 0 Å². The molecule has 7 heteroatoms. The van der Waals surface area contributed by atoms with Gasteiger partial charge in [0.05, 0.1) is 5.60 Å². The first-order valence-electron chi connectivity index (χ1n) is 5.00. The summed E-state index contributed by atoms with van der Waals surface area (Å²) in [6.07, 6.45) is -0.337. The highest BCUT2D eigenvalue weighted by Gasteiger charge is 2.33. The molecule has 0 bridgehead atoms. The van der Waals surface area contributed by atoms with Crippen LogP contribution in [0.5, 0.6) is 0 Å². The summed E-state index contributed by atoms with van der Waals surface area (Å²) in [7, 11) is 0. The highest BCUT2D eigenvalue weighted by atomic mass is 35.5. The van der Waals surface area contributed by atoms with Gasteiger partial charge in [-0.3, -0.25) is 4.79 Å². The number of piperidine rings is 1. The van der Waals surface area contributed by atoms with E-state index >= 15 is 0 Å². The Morgan fingerprint density at radius 1 is 1.38 bits per heavy atom. The van der Waals surface area contributed by atoms with Crippen LogP contribution in [0.25, 0.3) is 0 Å². The number of aliphatic hydroxyl groups is 1. The maximum absolute atomic E-state index is 10.9. The number of carbonyl (C=O) groups excluding carboxylic acids is 1. The summed E-state index contributed by atoms with van der Waals surface area (Å²) in [4.78, 5) is 22.8. The zero-order chi connectivity index (χ0) is 12.2. The average Bonchev–Trinajstić information content (AvgIpc) is 2.26. The minimum absolute atomic E-state index is 0.117. The van der Waals surface area contributed by atoms with E-state index in [2.05, 4.69) is 5.32 Å². The number of carbonyl (C=O) groups is 2. The van der Waals surface area contributed by atoms with Gasteiger partial charge in [0.2, 0.25) is 5.91 Å². The Labute approximate surface area is 98.2 Å². The summed E-state index contributed by atoms with van der Waals surface area (Å²) in [6, 6.07) is 0. The molecule has 1 heterocycles. The second-order valence-corrected chi connectivity index (χ2v) is 4.17. The Balaban J connectivity index is 2.38. The van der Waals surface area contributed by atoms with Crippen molar-refractivity contribution < 1.29 is 19.8 Å². The lowest BCUT2D eigenvalue weighted by Crippen LogP contribution is -2.52. The summed E-state index contributed by atoms with van der Waals surface area (Å²) < 4.78 is 0. The van der Waals surface area contributed by atoms with Crippen LogP contribution in [-0.4, -0.2) is 58.2 Å². The van der Waals surface area contributed by atoms with Crippen LogP contribution < -0.4 is 5.32 Å². The number of hydrogen-bond donors (Lipinski definition) is 3. The van der Waals surface area contributed by atoms with Crippen LogP contribution in [0.15, 0.2) is 0 Å². The van der Waals surface area contributed by atoms with E-state index in [-0.39, 0.29) is 31.4 Å². The molecule has 1 aliphatic rings. The second kappa shape index (κ2) is 5.36. The Bertz CT molecular complexity index is 277. The Hall–Kier alpha value is -1.01. The monoisotopic (exact) mass is 250 g/mol. The number of hydrogen-bond acceptors (Lipinski definition) is 3. The second-order valence-electron chi connectivity index (χ2n) is 3.90. The van der Waals surface area contributed by atoms with Crippen LogP contribution in [0.4, 0.5) is 4.79 Å². The number of nitrogens with one attached hydrogen (secondary N) is 1. The standard InChI is InChI=1S/C9H15ClN2O4/c10-5-7(13)11-6-9(16)1-3-12(4-2-9)8(14)15/h16H,1-6H2,(H,11,13)(H,14,15). The predicted octanol–water partition coefficient (Wildman–Crippen LogP) is -0.154. The van der Waals surface area contributed by atoms with Crippen molar-refractivity contribution in [3.8, 4) is 0 Å². The van der Waals surface area contributed by atoms with Gasteiger partial charge in [0.15, 0.2) is 0 Å². The average molecular weight is 251 g/mol. The fraction of sp³-hybridized carbons (Fsp3) is 0.778. The Kier molecular flexibility index (Phi) is 4.37. The van der Waals surface area contributed by atoms with Crippen LogP contribution in [0.3, 0.4) is 0 Å². The maximum Gasteiger partial charge on any atom is 0.407 e. The molecule has 1 fully saturated rings. The number of amides is 2. The van der Waals surface area contributed by atoms with Crippen LogP contribution in [0.1, 0.15) is 12.8 Å². The molecule has 0 unspecified atom stereocenters. The van der Waals surface area contributed by atoms with E-state index in [1.807, 2.05) is 0 Å². The van der Waals surface area contributed by atoms with Crippen molar-refractivity contribution in [1.82, 2.24) is 10.2 Å². The zero-order valence-corrected chi connectivity index (χ0v) is 9.53. The van der Waals surface area contributed by atoms with Crippen molar-refractivity contribution in [3.05, 3.63) is 0 Å². The summed E-state index contributed by atoms with van der Waals surface area (Å²) in [5, 5.41) is 21.3. The Morgan fingerprint density at radius 2 is 1.94 bits per heavy atom.